The summed E-state index contributed by atoms with van der Waals surface area (Å²) in [6.45, 7) is 2.24. The number of aromatic nitrogens is 3. The molecule has 0 saturated heterocycles. The lowest BCUT2D eigenvalue weighted by atomic mass is 10.1. The zero-order chi connectivity index (χ0) is 15.8. The van der Waals surface area contributed by atoms with Crippen LogP contribution in [0.2, 0.25) is 0 Å². The van der Waals surface area contributed by atoms with Crippen LogP contribution in [0, 0.1) is 0 Å². The van der Waals surface area contributed by atoms with Gasteiger partial charge in [0.1, 0.15) is 9.61 Å². The Bertz CT molecular complexity index is 887. The Morgan fingerprint density at radius 1 is 1.43 bits per heavy atom. The second-order valence-corrected chi connectivity index (χ2v) is 7.10. The quantitative estimate of drug-likeness (QED) is 0.741. The fraction of sp³-hybridized carbons (Fsp3) is 0.267. The molecular weight excluding hydrogens is 380 g/mol. The molecule has 6 nitrogen and oxygen atoms in total. The SMILES string of the molecule is O=c1[nH]c(-c2ccco2)nc2c1CCN(Cc1nc(Br)cs1)C2. The molecule has 1 aliphatic heterocycles. The first-order valence-electron chi connectivity index (χ1n) is 7.17. The van der Waals surface area contributed by atoms with E-state index in [0.717, 1.165) is 34.0 Å². The number of hydrogen-bond acceptors (Lipinski definition) is 6. The molecule has 0 bridgehead atoms. The zero-order valence-corrected chi connectivity index (χ0v) is 14.5. The van der Waals surface area contributed by atoms with Crippen molar-refractivity contribution in [3.8, 4) is 11.6 Å². The molecule has 4 heterocycles. The Morgan fingerprint density at radius 3 is 3.09 bits per heavy atom. The summed E-state index contributed by atoms with van der Waals surface area (Å²) in [4.78, 5) is 26.4. The minimum Gasteiger partial charge on any atom is -0.461 e. The highest BCUT2D eigenvalue weighted by Crippen LogP contribution is 2.22. The average molecular weight is 393 g/mol. The van der Waals surface area contributed by atoms with Gasteiger partial charge in [0.25, 0.3) is 5.56 Å². The van der Waals surface area contributed by atoms with E-state index in [0.29, 0.717) is 24.6 Å². The maximum atomic E-state index is 12.3. The molecule has 0 atom stereocenters. The summed E-state index contributed by atoms with van der Waals surface area (Å²) in [5.41, 5.74) is 1.52. The van der Waals surface area contributed by atoms with E-state index in [4.69, 9.17) is 4.42 Å². The fourth-order valence-electron chi connectivity index (χ4n) is 2.71. The molecule has 23 heavy (non-hydrogen) atoms. The van der Waals surface area contributed by atoms with Gasteiger partial charge >= 0.3 is 0 Å². The highest BCUT2D eigenvalue weighted by Gasteiger charge is 2.22. The summed E-state index contributed by atoms with van der Waals surface area (Å²) in [5, 5.41) is 3.03. The second kappa shape index (κ2) is 6.03. The molecule has 0 amide bonds. The number of nitrogens with one attached hydrogen (secondary N) is 1. The van der Waals surface area contributed by atoms with Crippen molar-refractivity contribution in [1.29, 1.82) is 0 Å². The van der Waals surface area contributed by atoms with E-state index in [1.54, 1.807) is 29.7 Å². The van der Waals surface area contributed by atoms with Gasteiger partial charge in [-0.1, -0.05) is 0 Å². The van der Waals surface area contributed by atoms with Gasteiger partial charge in [0.05, 0.1) is 18.5 Å². The first-order chi connectivity index (χ1) is 11.2. The molecule has 0 fully saturated rings. The summed E-state index contributed by atoms with van der Waals surface area (Å²) in [7, 11) is 0. The molecule has 1 aliphatic rings. The number of rotatable bonds is 3. The Hall–Kier alpha value is -1.77. The average Bonchev–Trinajstić information content (AvgIpc) is 3.19. The third kappa shape index (κ3) is 3.01. The zero-order valence-electron chi connectivity index (χ0n) is 12.1. The van der Waals surface area contributed by atoms with Crippen LogP contribution in [0.3, 0.4) is 0 Å². The summed E-state index contributed by atoms with van der Waals surface area (Å²) < 4.78 is 6.20. The van der Waals surface area contributed by atoms with E-state index in [2.05, 4.69) is 35.8 Å². The maximum absolute atomic E-state index is 12.3. The van der Waals surface area contributed by atoms with E-state index in [1.807, 2.05) is 5.38 Å². The monoisotopic (exact) mass is 392 g/mol. The van der Waals surface area contributed by atoms with Gasteiger partial charge in [-0.3, -0.25) is 9.69 Å². The van der Waals surface area contributed by atoms with Crippen molar-refractivity contribution in [2.24, 2.45) is 0 Å². The fourth-order valence-corrected chi connectivity index (χ4v) is 4.02. The number of thiazole rings is 1. The molecule has 0 saturated carbocycles. The molecular formula is C15H13BrN4O2S. The number of furan rings is 1. The number of aromatic amines is 1. The number of fused-ring (bicyclic) bond motifs is 1. The van der Waals surface area contributed by atoms with Crippen LogP contribution in [0.4, 0.5) is 0 Å². The Balaban J connectivity index is 1.61. The molecule has 0 spiro atoms. The first-order valence-corrected chi connectivity index (χ1v) is 8.84. The molecule has 0 aromatic carbocycles. The van der Waals surface area contributed by atoms with Crippen LogP contribution in [0.1, 0.15) is 16.3 Å². The molecule has 0 aliphatic carbocycles. The van der Waals surface area contributed by atoms with Crippen LogP contribution in [0.25, 0.3) is 11.6 Å². The minimum atomic E-state index is -0.0713. The second-order valence-electron chi connectivity index (χ2n) is 5.34. The lowest BCUT2D eigenvalue weighted by molar-refractivity contribution is 0.240. The minimum absolute atomic E-state index is 0.0713. The molecule has 8 heteroatoms. The number of H-pyrrole nitrogens is 1. The van der Waals surface area contributed by atoms with E-state index < -0.39 is 0 Å². The molecule has 0 unspecified atom stereocenters. The summed E-state index contributed by atoms with van der Waals surface area (Å²) >= 11 is 5.00. The Kier molecular flexibility index (Phi) is 3.88. The third-order valence-corrected chi connectivity index (χ3v) is 5.33. The van der Waals surface area contributed by atoms with Crippen molar-refractivity contribution in [3.63, 3.8) is 0 Å². The van der Waals surface area contributed by atoms with Gasteiger partial charge in [0.15, 0.2) is 11.6 Å². The van der Waals surface area contributed by atoms with Crippen molar-refractivity contribution in [2.75, 3.05) is 6.54 Å². The van der Waals surface area contributed by atoms with Crippen LogP contribution in [-0.4, -0.2) is 26.4 Å². The van der Waals surface area contributed by atoms with Gasteiger partial charge in [-0.15, -0.1) is 11.3 Å². The number of nitrogens with zero attached hydrogens (tertiary/aromatic N) is 3. The highest BCUT2D eigenvalue weighted by molar-refractivity contribution is 9.10. The van der Waals surface area contributed by atoms with Crippen LogP contribution in [0.5, 0.6) is 0 Å². The predicted molar refractivity (Wildman–Crippen MR) is 90.2 cm³/mol. The molecule has 118 valence electrons. The van der Waals surface area contributed by atoms with Crippen LogP contribution < -0.4 is 5.56 Å². The number of halogens is 1. The Labute approximate surface area is 144 Å². The van der Waals surface area contributed by atoms with Crippen molar-refractivity contribution in [1.82, 2.24) is 19.9 Å². The molecule has 3 aromatic rings. The molecule has 0 radical (unpaired) electrons. The van der Waals surface area contributed by atoms with Gasteiger partial charge in [-0.25, -0.2) is 9.97 Å². The first kappa shape index (κ1) is 14.8. The van der Waals surface area contributed by atoms with Crippen LogP contribution in [-0.2, 0) is 19.5 Å². The largest absolute Gasteiger partial charge is 0.461 e. The van der Waals surface area contributed by atoms with E-state index >= 15 is 0 Å². The summed E-state index contributed by atoms with van der Waals surface area (Å²) in [5.74, 6) is 1.06. The van der Waals surface area contributed by atoms with Gasteiger partial charge in [0, 0.05) is 24.0 Å². The highest BCUT2D eigenvalue weighted by atomic mass is 79.9. The summed E-state index contributed by atoms with van der Waals surface area (Å²) in [6, 6.07) is 3.57. The third-order valence-electron chi connectivity index (χ3n) is 3.79. The standard InChI is InChI=1S/C15H13BrN4O2S/c16-12-8-23-13(18-12)7-20-4-3-9-10(6-20)17-14(19-15(9)21)11-2-1-5-22-11/h1-2,5,8H,3-4,6-7H2,(H,17,19,21). The maximum Gasteiger partial charge on any atom is 0.254 e. The lowest BCUT2D eigenvalue weighted by Gasteiger charge is -2.26. The van der Waals surface area contributed by atoms with E-state index in [-0.39, 0.29) is 5.56 Å². The Morgan fingerprint density at radius 2 is 2.35 bits per heavy atom. The molecule has 4 rings (SSSR count). The van der Waals surface area contributed by atoms with Crippen molar-refractivity contribution in [3.05, 3.63) is 55.0 Å². The van der Waals surface area contributed by atoms with Gasteiger partial charge < -0.3 is 9.40 Å². The van der Waals surface area contributed by atoms with E-state index in [9.17, 15) is 4.79 Å². The van der Waals surface area contributed by atoms with Gasteiger partial charge in [-0.05, 0) is 34.5 Å². The summed E-state index contributed by atoms with van der Waals surface area (Å²) in [6.07, 6.45) is 2.27. The normalized spacial score (nSPS) is 14.8. The van der Waals surface area contributed by atoms with E-state index in [1.165, 1.54) is 0 Å². The molecule has 1 N–H and O–H groups in total. The lowest BCUT2D eigenvalue weighted by Crippen LogP contribution is -2.35. The van der Waals surface area contributed by atoms with Crippen LogP contribution in [0.15, 0.2) is 37.6 Å². The topological polar surface area (TPSA) is 75.0 Å². The predicted octanol–water partition coefficient (Wildman–Crippen LogP) is 2.81. The van der Waals surface area contributed by atoms with Crippen molar-refractivity contribution < 1.29 is 4.42 Å². The number of hydrogen-bond donors (Lipinski definition) is 1. The van der Waals surface area contributed by atoms with Gasteiger partial charge in [-0.2, -0.15) is 0 Å². The molecule has 3 aromatic heterocycles. The van der Waals surface area contributed by atoms with Crippen molar-refractivity contribution >= 4 is 27.3 Å². The van der Waals surface area contributed by atoms with Gasteiger partial charge in [0.2, 0.25) is 0 Å². The smallest absolute Gasteiger partial charge is 0.254 e. The van der Waals surface area contributed by atoms with Crippen molar-refractivity contribution in [2.45, 2.75) is 19.5 Å². The van der Waals surface area contributed by atoms with Crippen LogP contribution >= 0.6 is 27.3 Å².